The van der Waals surface area contributed by atoms with E-state index in [1.165, 1.54) is 12.0 Å². The number of nitrogens with zero attached hydrogens (tertiary/aromatic N) is 2. The number of fused-ring (bicyclic) bond motifs is 2. The van der Waals surface area contributed by atoms with Crippen molar-refractivity contribution >= 4 is 6.09 Å². The van der Waals surface area contributed by atoms with Gasteiger partial charge in [0.05, 0.1) is 0 Å². The molecule has 0 radical (unpaired) electrons. The van der Waals surface area contributed by atoms with E-state index in [0.717, 1.165) is 32.7 Å². The van der Waals surface area contributed by atoms with Crippen LogP contribution in [-0.2, 0) is 11.3 Å². The molecule has 2 aliphatic heterocycles. The number of ether oxygens (including phenoxy) is 1. The molecule has 0 aliphatic carbocycles. The number of hydrogen-bond acceptors (Lipinski definition) is 3. The zero-order chi connectivity index (χ0) is 22.4. The highest BCUT2D eigenvalue weighted by Crippen LogP contribution is 2.30. The molecule has 2 saturated heterocycles. The molecule has 1 aromatic carbocycles. The summed E-state index contributed by atoms with van der Waals surface area (Å²) in [6.07, 6.45) is 1.09. The van der Waals surface area contributed by atoms with Gasteiger partial charge in [-0.1, -0.05) is 71.9 Å². The molecule has 4 heteroatoms. The monoisotopic (exact) mass is 406 g/mol. The van der Waals surface area contributed by atoms with Crippen molar-refractivity contribution < 1.29 is 9.53 Å². The summed E-state index contributed by atoms with van der Waals surface area (Å²) in [5, 5.41) is 0. The number of hydrogen-bond donors (Lipinski definition) is 0. The van der Waals surface area contributed by atoms with Gasteiger partial charge in [0.1, 0.15) is 5.60 Å². The number of carbonyl (C=O) groups excluding carboxylic acids is 1. The Labute approximate surface area is 180 Å². The van der Waals surface area contributed by atoms with Gasteiger partial charge in [0.2, 0.25) is 0 Å². The third-order valence-electron chi connectivity index (χ3n) is 4.56. The van der Waals surface area contributed by atoms with E-state index in [1.807, 2.05) is 67.2 Å². The first-order valence-electron chi connectivity index (χ1n) is 11.6. The van der Waals surface area contributed by atoms with Crippen molar-refractivity contribution in [3.8, 4) is 0 Å². The smallest absolute Gasteiger partial charge is 0.410 e. The number of carbonyl (C=O) groups is 1. The highest BCUT2D eigenvalue weighted by Gasteiger charge is 2.37. The molecule has 3 rings (SSSR count). The van der Waals surface area contributed by atoms with Crippen LogP contribution in [0.1, 0.15) is 74.3 Å². The van der Waals surface area contributed by atoms with Crippen molar-refractivity contribution in [2.45, 2.75) is 80.9 Å². The zero-order valence-corrected chi connectivity index (χ0v) is 20.5. The maximum Gasteiger partial charge on any atom is 0.410 e. The molecule has 2 unspecified atom stereocenters. The maximum absolute atomic E-state index is 12.3. The van der Waals surface area contributed by atoms with Crippen molar-refractivity contribution in [1.82, 2.24) is 9.80 Å². The minimum absolute atomic E-state index is 0.149. The van der Waals surface area contributed by atoms with Crippen LogP contribution in [0, 0.1) is 11.8 Å². The molecule has 2 aliphatic rings. The van der Waals surface area contributed by atoms with E-state index in [-0.39, 0.29) is 6.09 Å². The zero-order valence-electron chi connectivity index (χ0n) is 20.5. The van der Waals surface area contributed by atoms with Crippen LogP contribution in [0.15, 0.2) is 30.3 Å². The van der Waals surface area contributed by atoms with Gasteiger partial charge < -0.3 is 9.64 Å². The predicted octanol–water partition coefficient (Wildman–Crippen LogP) is 6.45. The third kappa shape index (κ3) is 10.2. The number of rotatable bonds is 2. The Morgan fingerprint density at radius 2 is 1.38 bits per heavy atom. The lowest BCUT2D eigenvalue weighted by molar-refractivity contribution is -0.0108. The van der Waals surface area contributed by atoms with Crippen LogP contribution < -0.4 is 0 Å². The van der Waals surface area contributed by atoms with Gasteiger partial charge in [0.15, 0.2) is 0 Å². The summed E-state index contributed by atoms with van der Waals surface area (Å²) in [6.45, 7) is 22.6. The molecule has 168 valence electrons. The van der Waals surface area contributed by atoms with Gasteiger partial charge in [-0.15, -0.1) is 0 Å². The highest BCUT2D eigenvalue weighted by molar-refractivity contribution is 5.68. The summed E-state index contributed by atoms with van der Waals surface area (Å²) < 4.78 is 5.54. The predicted molar refractivity (Wildman–Crippen MR) is 125 cm³/mol. The van der Waals surface area contributed by atoms with Crippen LogP contribution in [-0.4, -0.2) is 47.7 Å². The van der Waals surface area contributed by atoms with Gasteiger partial charge in [0.25, 0.3) is 0 Å². The number of benzene rings is 1. The largest absolute Gasteiger partial charge is 0.444 e. The molecule has 0 saturated carbocycles. The Balaban J connectivity index is 0.00000120. The second kappa shape index (κ2) is 14.4. The molecule has 0 N–H and O–H groups in total. The quantitative estimate of drug-likeness (QED) is 0.565. The van der Waals surface area contributed by atoms with Gasteiger partial charge in [-0.25, -0.2) is 4.79 Å². The van der Waals surface area contributed by atoms with Crippen molar-refractivity contribution in [3.05, 3.63) is 35.9 Å². The van der Waals surface area contributed by atoms with Crippen molar-refractivity contribution in [1.29, 1.82) is 0 Å². The fourth-order valence-electron chi connectivity index (χ4n) is 3.83. The fourth-order valence-corrected chi connectivity index (χ4v) is 3.83. The van der Waals surface area contributed by atoms with E-state index in [2.05, 4.69) is 35.2 Å². The molecular formula is C25H46N2O2. The average molecular weight is 407 g/mol. The van der Waals surface area contributed by atoms with Crippen LogP contribution in [0.5, 0.6) is 0 Å². The molecule has 2 atom stereocenters. The van der Waals surface area contributed by atoms with Crippen molar-refractivity contribution in [3.63, 3.8) is 0 Å². The fraction of sp³-hybridized carbons (Fsp3) is 0.720. The van der Waals surface area contributed by atoms with E-state index in [0.29, 0.717) is 11.8 Å². The number of piperidine rings is 2. The Morgan fingerprint density at radius 1 is 0.897 bits per heavy atom. The molecule has 4 nitrogen and oxygen atoms in total. The number of amides is 1. The van der Waals surface area contributed by atoms with Crippen LogP contribution >= 0.6 is 0 Å². The van der Waals surface area contributed by atoms with Gasteiger partial charge in [-0.05, 0) is 44.6 Å². The van der Waals surface area contributed by atoms with Crippen molar-refractivity contribution in [2.24, 2.45) is 11.8 Å². The van der Waals surface area contributed by atoms with E-state index in [9.17, 15) is 4.79 Å². The first-order valence-corrected chi connectivity index (χ1v) is 11.6. The average Bonchev–Trinajstić information content (AvgIpc) is 2.71. The second-order valence-corrected chi connectivity index (χ2v) is 8.03. The van der Waals surface area contributed by atoms with Crippen LogP contribution in [0.25, 0.3) is 0 Å². The minimum atomic E-state index is -0.414. The third-order valence-corrected chi connectivity index (χ3v) is 4.56. The molecule has 2 bridgehead atoms. The van der Waals surface area contributed by atoms with E-state index in [1.54, 1.807) is 0 Å². The molecule has 1 aromatic rings. The second-order valence-electron chi connectivity index (χ2n) is 8.03. The molecule has 0 aromatic heterocycles. The Morgan fingerprint density at radius 3 is 1.83 bits per heavy atom. The summed E-state index contributed by atoms with van der Waals surface area (Å²) in [7, 11) is 0. The molecular weight excluding hydrogens is 360 g/mol. The molecule has 0 spiro atoms. The topological polar surface area (TPSA) is 32.8 Å². The van der Waals surface area contributed by atoms with Crippen LogP contribution in [0.2, 0.25) is 0 Å². The van der Waals surface area contributed by atoms with Crippen LogP contribution in [0.4, 0.5) is 4.79 Å². The normalized spacial score (nSPS) is 20.7. The Bertz CT molecular complexity index is 526. The lowest BCUT2D eigenvalue weighted by atomic mass is 9.84. The highest BCUT2D eigenvalue weighted by atomic mass is 16.6. The number of likely N-dealkylation sites (tertiary alicyclic amines) is 2. The Hall–Kier alpha value is -1.55. The molecule has 29 heavy (non-hydrogen) atoms. The summed E-state index contributed by atoms with van der Waals surface area (Å²) >= 11 is 0. The maximum atomic E-state index is 12.3. The van der Waals surface area contributed by atoms with E-state index < -0.39 is 5.60 Å². The summed E-state index contributed by atoms with van der Waals surface area (Å²) in [4.78, 5) is 16.8. The molecule has 1 amide bonds. The molecule has 2 fully saturated rings. The summed E-state index contributed by atoms with van der Waals surface area (Å²) in [5.74, 6) is 1.14. The molecule has 2 heterocycles. The lowest BCUT2D eigenvalue weighted by Gasteiger charge is -2.45. The van der Waals surface area contributed by atoms with E-state index >= 15 is 0 Å². The minimum Gasteiger partial charge on any atom is -0.444 e. The van der Waals surface area contributed by atoms with Gasteiger partial charge in [-0.2, -0.15) is 0 Å². The summed E-state index contributed by atoms with van der Waals surface area (Å²) in [6, 6.07) is 10.6. The van der Waals surface area contributed by atoms with Gasteiger partial charge >= 0.3 is 6.09 Å². The SMILES string of the molecule is CC.CC.CC.CC(C)(C)OC(=O)N1CC2CC(CN(Cc3ccccc3)C2)C1. The van der Waals surface area contributed by atoms with Gasteiger partial charge in [-0.3, -0.25) is 4.90 Å². The van der Waals surface area contributed by atoms with Crippen molar-refractivity contribution in [2.75, 3.05) is 26.2 Å². The summed E-state index contributed by atoms with van der Waals surface area (Å²) in [5.41, 5.74) is 0.958. The van der Waals surface area contributed by atoms with Crippen LogP contribution in [0.3, 0.4) is 0 Å². The Kier molecular flexibility index (Phi) is 13.7. The lowest BCUT2D eigenvalue weighted by Crippen LogP contribution is -2.54. The standard InChI is InChI=1S/C19H28N2O2.3C2H6/c1-19(2,3)23-18(22)21-13-16-9-17(14-21)12-20(11-16)10-15-7-5-4-6-8-15;3*1-2/h4-8,16-17H,9-14H2,1-3H3;3*1-2H3. The first kappa shape index (κ1) is 27.5. The van der Waals surface area contributed by atoms with Gasteiger partial charge in [0, 0.05) is 32.7 Å². The van der Waals surface area contributed by atoms with E-state index in [4.69, 9.17) is 4.74 Å². The first-order chi connectivity index (χ1) is 13.9.